The van der Waals surface area contributed by atoms with E-state index in [-0.39, 0.29) is 24.1 Å². The molecule has 20 heavy (non-hydrogen) atoms. The molecule has 0 aliphatic carbocycles. The number of benzene rings is 1. The Kier molecular flexibility index (Phi) is 6.15. The van der Waals surface area contributed by atoms with Gasteiger partial charge in [-0.1, -0.05) is 32.4 Å². The van der Waals surface area contributed by atoms with Crippen molar-refractivity contribution in [1.82, 2.24) is 5.32 Å². The molecule has 0 spiro atoms. The predicted octanol–water partition coefficient (Wildman–Crippen LogP) is 2.37. The summed E-state index contributed by atoms with van der Waals surface area (Å²) in [6.07, 6.45) is 1.32. The molecule has 1 rings (SSSR count). The third-order valence-electron chi connectivity index (χ3n) is 3.35. The monoisotopic (exact) mass is 281 g/mol. The lowest BCUT2D eigenvalue weighted by molar-refractivity contribution is -0.143. The van der Waals surface area contributed by atoms with Gasteiger partial charge in [0.05, 0.1) is 0 Å². The number of carbonyl (C=O) groups is 2. The number of rotatable bonds is 7. The maximum Gasteiger partial charge on any atom is 0.326 e. The van der Waals surface area contributed by atoms with Crippen molar-refractivity contribution < 1.29 is 19.1 Å². The zero-order chi connectivity index (χ0) is 15.1. The quantitative estimate of drug-likeness (QED) is 0.806. The van der Waals surface area contributed by atoms with Gasteiger partial charge in [-0.25, -0.2) is 9.18 Å². The van der Waals surface area contributed by atoms with Crippen LogP contribution >= 0.6 is 0 Å². The van der Waals surface area contributed by atoms with E-state index in [1.807, 2.05) is 6.92 Å². The van der Waals surface area contributed by atoms with Crippen molar-refractivity contribution in [2.24, 2.45) is 5.92 Å². The van der Waals surface area contributed by atoms with Crippen LogP contribution in [0.1, 0.15) is 32.3 Å². The molecule has 0 saturated carbocycles. The lowest BCUT2D eigenvalue weighted by Crippen LogP contribution is -2.45. The summed E-state index contributed by atoms with van der Waals surface area (Å²) in [5, 5.41) is 11.6. The molecule has 5 heteroatoms. The molecule has 1 amide bonds. The standard InChI is InChI=1S/C15H20FNO3/c1-3-10(2)14(15(19)20)17-13(18)9-6-11-4-7-12(16)8-5-11/h4-5,7-8,10,14H,3,6,9H2,1-2H3,(H,17,18)(H,19,20)/t10?,14-/m0/s1. The summed E-state index contributed by atoms with van der Waals surface area (Å²) < 4.78 is 12.7. The number of hydrogen-bond acceptors (Lipinski definition) is 2. The average Bonchev–Trinajstić information content (AvgIpc) is 2.43. The molecule has 1 unspecified atom stereocenters. The number of amides is 1. The normalized spacial score (nSPS) is 13.6. The predicted molar refractivity (Wildman–Crippen MR) is 73.7 cm³/mol. The first-order valence-corrected chi connectivity index (χ1v) is 6.70. The van der Waals surface area contributed by atoms with Crippen molar-refractivity contribution in [3.63, 3.8) is 0 Å². The summed E-state index contributed by atoms with van der Waals surface area (Å²) in [4.78, 5) is 22.9. The lowest BCUT2D eigenvalue weighted by atomic mass is 9.99. The third kappa shape index (κ3) is 4.99. The average molecular weight is 281 g/mol. The molecule has 0 aliphatic heterocycles. The maximum atomic E-state index is 12.7. The summed E-state index contributed by atoms with van der Waals surface area (Å²) in [5.41, 5.74) is 0.844. The Morgan fingerprint density at radius 1 is 1.30 bits per heavy atom. The molecular formula is C15H20FNO3. The summed E-state index contributed by atoms with van der Waals surface area (Å²) >= 11 is 0. The molecule has 2 atom stereocenters. The highest BCUT2D eigenvalue weighted by Crippen LogP contribution is 2.09. The van der Waals surface area contributed by atoms with Crippen LogP contribution in [0.15, 0.2) is 24.3 Å². The minimum absolute atomic E-state index is 0.123. The van der Waals surface area contributed by atoms with Crippen LogP contribution in [-0.2, 0) is 16.0 Å². The van der Waals surface area contributed by atoms with Crippen LogP contribution in [0.25, 0.3) is 0 Å². The Labute approximate surface area is 118 Å². The molecule has 0 saturated heterocycles. The highest BCUT2D eigenvalue weighted by Gasteiger charge is 2.24. The topological polar surface area (TPSA) is 66.4 Å². The fourth-order valence-electron chi connectivity index (χ4n) is 1.84. The van der Waals surface area contributed by atoms with E-state index in [1.165, 1.54) is 12.1 Å². The number of aryl methyl sites for hydroxylation is 1. The summed E-state index contributed by atoms with van der Waals surface area (Å²) in [5.74, 6) is -1.76. The van der Waals surface area contributed by atoms with E-state index in [2.05, 4.69) is 5.32 Å². The summed E-state index contributed by atoms with van der Waals surface area (Å²) in [6, 6.07) is 5.05. The highest BCUT2D eigenvalue weighted by atomic mass is 19.1. The van der Waals surface area contributed by atoms with Gasteiger partial charge in [-0.2, -0.15) is 0 Å². The van der Waals surface area contributed by atoms with Crippen LogP contribution in [0.4, 0.5) is 4.39 Å². The van der Waals surface area contributed by atoms with Gasteiger partial charge in [-0.3, -0.25) is 4.79 Å². The molecule has 0 bridgehead atoms. The van der Waals surface area contributed by atoms with Gasteiger partial charge < -0.3 is 10.4 Å². The molecule has 2 N–H and O–H groups in total. The van der Waals surface area contributed by atoms with Gasteiger partial charge in [0.25, 0.3) is 0 Å². The van der Waals surface area contributed by atoms with Gasteiger partial charge in [0, 0.05) is 6.42 Å². The van der Waals surface area contributed by atoms with Gasteiger partial charge in [0.2, 0.25) is 5.91 Å². The fraction of sp³-hybridized carbons (Fsp3) is 0.467. The van der Waals surface area contributed by atoms with E-state index in [0.717, 1.165) is 5.56 Å². The van der Waals surface area contributed by atoms with Crippen molar-refractivity contribution in [2.75, 3.05) is 0 Å². The van der Waals surface area contributed by atoms with Crippen LogP contribution in [0, 0.1) is 11.7 Å². The molecule has 1 aromatic carbocycles. The first-order chi connectivity index (χ1) is 9.43. The minimum Gasteiger partial charge on any atom is -0.480 e. The number of carboxylic acids is 1. The third-order valence-corrected chi connectivity index (χ3v) is 3.35. The molecular weight excluding hydrogens is 261 g/mol. The SMILES string of the molecule is CCC(C)[C@H](NC(=O)CCc1ccc(F)cc1)C(=O)O. The number of aliphatic carboxylic acids is 1. The fourth-order valence-corrected chi connectivity index (χ4v) is 1.84. The summed E-state index contributed by atoms with van der Waals surface area (Å²) in [6.45, 7) is 3.67. The first-order valence-electron chi connectivity index (χ1n) is 6.70. The zero-order valence-electron chi connectivity index (χ0n) is 11.7. The van der Waals surface area contributed by atoms with Crippen LogP contribution in [0.2, 0.25) is 0 Å². The smallest absolute Gasteiger partial charge is 0.326 e. The summed E-state index contributed by atoms with van der Waals surface area (Å²) in [7, 11) is 0. The first kappa shape index (κ1) is 16.1. The molecule has 110 valence electrons. The molecule has 0 heterocycles. The van der Waals surface area contributed by atoms with Crippen molar-refractivity contribution in [1.29, 1.82) is 0 Å². The Hall–Kier alpha value is -1.91. The van der Waals surface area contributed by atoms with E-state index in [4.69, 9.17) is 5.11 Å². The van der Waals surface area contributed by atoms with E-state index in [9.17, 15) is 14.0 Å². The Morgan fingerprint density at radius 2 is 1.90 bits per heavy atom. The van der Waals surface area contributed by atoms with Crippen molar-refractivity contribution in [3.8, 4) is 0 Å². The van der Waals surface area contributed by atoms with Gasteiger partial charge >= 0.3 is 5.97 Å². The number of halogens is 1. The maximum absolute atomic E-state index is 12.7. The van der Waals surface area contributed by atoms with Crippen LogP contribution < -0.4 is 5.32 Å². The lowest BCUT2D eigenvalue weighted by Gasteiger charge is -2.20. The van der Waals surface area contributed by atoms with Crippen LogP contribution in [0.5, 0.6) is 0 Å². The zero-order valence-corrected chi connectivity index (χ0v) is 11.7. The van der Waals surface area contributed by atoms with E-state index in [0.29, 0.717) is 12.8 Å². The van der Waals surface area contributed by atoms with Crippen LogP contribution in [-0.4, -0.2) is 23.0 Å². The second kappa shape index (κ2) is 7.62. The molecule has 0 aliphatic rings. The Balaban J connectivity index is 2.49. The van der Waals surface area contributed by atoms with Gasteiger partial charge in [-0.05, 0) is 30.0 Å². The van der Waals surface area contributed by atoms with Gasteiger partial charge in [0.15, 0.2) is 0 Å². The minimum atomic E-state index is -1.02. The second-order valence-electron chi connectivity index (χ2n) is 4.90. The number of carbonyl (C=O) groups excluding carboxylic acids is 1. The van der Waals surface area contributed by atoms with Crippen LogP contribution in [0.3, 0.4) is 0 Å². The van der Waals surface area contributed by atoms with Gasteiger partial charge in [0.1, 0.15) is 11.9 Å². The largest absolute Gasteiger partial charge is 0.480 e. The number of nitrogens with one attached hydrogen (secondary N) is 1. The van der Waals surface area contributed by atoms with E-state index < -0.39 is 12.0 Å². The van der Waals surface area contributed by atoms with Crippen molar-refractivity contribution in [2.45, 2.75) is 39.2 Å². The van der Waals surface area contributed by atoms with E-state index in [1.54, 1.807) is 19.1 Å². The number of carboxylic acid groups (broad SMARTS) is 1. The van der Waals surface area contributed by atoms with E-state index >= 15 is 0 Å². The van der Waals surface area contributed by atoms with Crippen molar-refractivity contribution >= 4 is 11.9 Å². The van der Waals surface area contributed by atoms with Crippen molar-refractivity contribution in [3.05, 3.63) is 35.6 Å². The molecule has 4 nitrogen and oxygen atoms in total. The Bertz CT molecular complexity index is 459. The number of hydrogen-bond donors (Lipinski definition) is 2. The second-order valence-corrected chi connectivity index (χ2v) is 4.90. The molecule has 0 fully saturated rings. The molecule has 1 aromatic rings. The van der Waals surface area contributed by atoms with Gasteiger partial charge in [-0.15, -0.1) is 0 Å². The highest BCUT2D eigenvalue weighted by molar-refractivity contribution is 5.83. The molecule has 0 aromatic heterocycles. The molecule has 0 radical (unpaired) electrons. The Morgan fingerprint density at radius 3 is 2.40 bits per heavy atom.